The van der Waals surface area contributed by atoms with E-state index in [1.165, 1.54) is 26.4 Å². The van der Waals surface area contributed by atoms with Gasteiger partial charge >= 0.3 is 12.1 Å². The molecule has 19 heavy (non-hydrogen) atoms. The number of methoxy groups -OCH3 is 1. The molecule has 1 atom stereocenters. The van der Waals surface area contributed by atoms with E-state index in [-0.39, 0.29) is 0 Å². The Labute approximate surface area is 115 Å². The molecule has 0 aromatic carbocycles. The van der Waals surface area contributed by atoms with Crippen molar-refractivity contribution in [1.82, 2.24) is 5.32 Å². The third-order valence-electron chi connectivity index (χ3n) is 3.27. The van der Waals surface area contributed by atoms with Crippen LogP contribution in [0.1, 0.15) is 52.9 Å². The van der Waals surface area contributed by atoms with Crippen molar-refractivity contribution < 1.29 is 19.1 Å². The molecule has 1 amide bonds. The lowest BCUT2D eigenvalue weighted by Gasteiger charge is -2.27. The van der Waals surface area contributed by atoms with Crippen molar-refractivity contribution in [2.45, 2.75) is 64.5 Å². The fourth-order valence-corrected chi connectivity index (χ4v) is 2.02. The highest BCUT2D eigenvalue weighted by atomic mass is 16.6. The summed E-state index contributed by atoms with van der Waals surface area (Å²) < 4.78 is 9.87. The Bertz CT molecular complexity index is 318. The second kappa shape index (κ2) is 6.78. The van der Waals surface area contributed by atoms with Crippen molar-refractivity contribution in [2.24, 2.45) is 5.92 Å². The largest absolute Gasteiger partial charge is 0.467 e. The average Bonchev–Trinajstić information content (AvgIpc) is 2.21. The van der Waals surface area contributed by atoms with E-state index in [2.05, 4.69) is 5.32 Å². The van der Waals surface area contributed by atoms with Gasteiger partial charge in [-0.3, -0.25) is 0 Å². The lowest BCUT2D eigenvalue weighted by atomic mass is 9.81. The number of alkyl carbamates (subject to hydrolysis) is 1. The van der Waals surface area contributed by atoms with Gasteiger partial charge in [-0.1, -0.05) is 19.3 Å². The van der Waals surface area contributed by atoms with Crippen LogP contribution in [0.5, 0.6) is 0 Å². The molecule has 110 valence electrons. The first-order chi connectivity index (χ1) is 8.81. The highest BCUT2D eigenvalue weighted by molar-refractivity contribution is 5.81. The summed E-state index contributed by atoms with van der Waals surface area (Å²) >= 11 is 0. The lowest BCUT2D eigenvalue weighted by Crippen LogP contribution is -2.44. The molecule has 1 unspecified atom stereocenters. The number of amides is 1. The number of ether oxygens (including phenoxy) is 2. The van der Waals surface area contributed by atoms with Crippen LogP contribution in [0.2, 0.25) is 0 Å². The van der Waals surface area contributed by atoms with Crippen LogP contribution in [0.25, 0.3) is 0 Å². The number of nitrogens with one attached hydrogen (secondary N) is 1. The first-order valence-corrected chi connectivity index (χ1v) is 6.89. The molecule has 0 aromatic rings. The minimum absolute atomic E-state index is 0.412. The maximum atomic E-state index is 11.7. The Morgan fingerprint density at radius 2 is 1.95 bits per heavy atom. The van der Waals surface area contributed by atoms with E-state index >= 15 is 0 Å². The summed E-state index contributed by atoms with van der Waals surface area (Å²) in [5, 5.41) is 2.59. The molecular weight excluding hydrogens is 246 g/mol. The zero-order chi connectivity index (χ0) is 14.5. The summed E-state index contributed by atoms with van der Waals surface area (Å²) in [6.45, 7) is 5.36. The molecule has 1 fully saturated rings. The smallest absolute Gasteiger partial charge is 0.408 e. The van der Waals surface area contributed by atoms with Crippen LogP contribution in [-0.2, 0) is 14.3 Å². The molecule has 0 aromatic heterocycles. The minimum Gasteiger partial charge on any atom is -0.467 e. The summed E-state index contributed by atoms with van der Waals surface area (Å²) in [5.41, 5.74) is -0.571. The van der Waals surface area contributed by atoms with Crippen molar-refractivity contribution >= 4 is 12.1 Å². The van der Waals surface area contributed by atoms with Gasteiger partial charge in [0.1, 0.15) is 11.6 Å². The van der Waals surface area contributed by atoms with Crippen LogP contribution in [0, 0.1) is 5.92 Å². The second-order valence-corrected chi connectivity index (χ2v) is 6.10. The number of rotatable bonds is 5. The summed E-state index contributed by atoms with van der Waals surface area (Å²) in [5.74, 6) is 0.276. The van der Waals surface area contributed by atoms with Gasteiger partial charge < -0.3 is 14.8 Å². The number of carbonyl (C=O) groups excluding carboxylic acids is 2. The third-order valence-corrected chi connectivity index (χ3v) is 3.27. The standard InChI is InChI=1S/C14H25NO4/c1-14(2,3)19-13(17)15-11(12(16)18-4)9-8-10-6-5-7-10/h10-11H,5-9H2,1-4H3,(H,15,17). The molecule has 0 radical (unpaired) electrons. The highest BCUT2D eigenvalue weighted by Crippen LogP contribution is 2.30. The molecule has 0 aliphatic heterocycles. The van der Waals surface area contributed by atoms with Crippen molar-refractivity contribution in [3.63, 3.8) is 0 Å². The lowest BCUT2D eigenvalue weighted by molar-refractivity contribution is -0.143. The first kappa shape index (κ1) is 15.8. The van der Waals surface area contributed by atoms with E-state index in [0.29, 0.717) is 12.3 Å². The van der Waals surface area contributed by atoms with Gasteiger partial charge in [0.15, 0.2) is 0 Å². The Morgan fingerprint density at radius 3 is 2.37 bits per heavy atom. The molecule has 1 aliphatic rings. The van der Waals surface area contributed by atoms with Gasteiger partial charge in [-0.2, -0.15) is 0 Å². The van der Waals surface area contributed by atoms with E-state index in [0.717, 1.165) is 6.42 Å². The molecule has 1 saturated carbocycles. The van der Waals surface area contributed by atoms with Crippen molar-refractivity contribution in [2.75, 3.05) is 7.11 Å². The van der Waals surface area contributed by atoms with E-state index in [1.54, 1.807) is 20.8 Å². The molecule has 0 spiro atoms. The highest BCUT2D eigenvalue weighted by Gasteiger charge is 2.27. The Hall–Kier alpha value is -1.26. The average molecular weight is 271 g/mol. The predicted molar refractivity (Wildman–Crippen MR) is 71.7 cm³/mol. The fraction of sp³-hybridized carbons (Fsp3) is 0.857. The maximum Gasteiger partial charge on any atom is 0.408 e. The van der Waals surface area contributed by atoms with Crippen LogP contribution in [0.3, 0.4) is 0 Å². The molecule has 1 rings (SSSR count). The summed E-state index contributed by atoms with van der Waals surface area (Å²) in [4.78, 5) is 23.3. The topological polar surface area (TPSA) is 64.6 Å². The summed E-state index contributed by atoms with van der Waals surface area (Å²) in [6, 6.07) is -0.611. The van der Waals surface area contributed by atoms with Crippen LogP contribution >= 0.6 is 0 Å². The number of esters is 1. The van der Waals surface area contributed by atoms with Gasteiger partial charge in [-0.25, -0.2) is 9.59 Å². The van der Waals surface area contributed by atoms with Crippen LogP contribution < -0.4 is 5.32 Å². The van der Waals surface area contributed by atoms with Gasteiger partial charge in [0.05, 0.1) is 7.11 Å². The first-order valence-electron chi connectivity index (χ1n) is 6.89. The van der Waals surface area contributed by atoms with Gasteiger partial charge in [-0.15, -0.1) is 0 Å². The number of hydrogen-bond acceptors (Lipinski definition) is 4. The SMILES string of the molecule is COC(=O)C(CCC1CCC1)NC(=O)OC(C)(C)C. The van der Waals surface area contributed by atoms with Crippen molar-refractivity contribution in [3.05, 3.63) is 0 Å². The number of carbonyl (C=O) groups is 2. The van der Waals surface area contributed by atoms with Crippen LogP contribution in [-0.4, -0.2) is 30.8 Å². The molecule has 5 heteroatoms. The van der Waals surface area contributed by atoms with Gasteiger partial charge in [0.25, 0.3) is 0 Å². The monoisotopic (exact) mass is 271 g/mol. The van der Waals surface area contributed by atoms with E-state index in [9.17, 15) is 9.59 Å². The molecule has 5 nitrogen and oxygen atoms in total. The Balaban J connectivity index is 2.43. The zero-order valence-electron chi connectivity index (χ0n) is 12.3. The zero-order valence-corrected chi connectivity index (χ0v) is 12.3. The van der Waals surface area contributed by atoms with E-state index in [4.69, 9.17) is 9.47 Å². The fourth-order valence-electron chi connectivity index (χ4n) is 2.02. The Kier molecular flexibility index (Phi) is 5.63. The van der Waals surface area contributed by atoms with Crippen LogP contribution in [0.15, 0.2) is 0 Å². The van der Waals surface area contributed by atoms with Crippen LogP contribution in [0.4, 0.5) is 4.79 Å². The molecule has 0 bridgehead atoms. The molecule has 1 N–H and O–H groups in total. The molecule has 0 heterocycles. The minimum atomic E-state index is -0.611. The van der Waals surface area contributed by atoms with E-state index in [1.807, 2.05) is 0 Å². The second-order valence-electron chi connectivity index (χ2n) is 6.10. The van der Waals surface area contributed by atoms with E-state index < -0.39 is 23.7 Å². The number of hydrogen-bond donors (Lipinski definition) is 1. The summed E-state index contributed by atoms with van der Waals surface area (Å²) in [7, 11) is 1.33. The predicted octanol–water partition coefficient (Wildman–Crippen LogP) is 2.63. The molecule has 0 saturated heterocycles. The third kappa shape index (κ3) is 5.94. The molecular formula is C14H25NO4. The quantitative estimate of drug-likeness (QED) is 0.781. The van der Waals surface area contributed by atoms with Gasteiger partial charge in [0, 0.05) is 0 Å². The van der Waals surface area contributed by atoms with Crippen molar-refractivity contribution in [1.29, 1.82) is 0 Å². The Morgan fingerprint density at radius 1 is 1.32 bits per heavy atom. The maximum absolute atomic E-state index is 11.7. The van der Waals surface area contributed by atoms with Gasteiger partial charge in [0.2, 0.25) is 0 Å². The summed E-state index contributed by atoms with van der Waals surface area (Å²) in [6.07, 6.45) is 4.69. The molecule has 1 aliphatic carbocycles. The normalized spacial score (nSPS) is 17.3. The van der Waals surface area contributed by atoms with Crippen molar-refractivity contribution in [3.8, 4) is 0 Å². The van der Waals surface area contributed by atoms with Gasteiger partial charge in [-0.05, 0) is 39.5 Å².